The summed E-state index contributed by atoms with van der Waals surface area (Å²) in [6.07, 6.45) is 3.82. The predicted molar refractivity (Wildman–Crippen MR) is 48.5 cm³/mol. The van der Waals surface area contributed by atoms with Crippen LogP contribution in [0.25, 0.3) is 17.2 Å². The molecular weight excluding hydrogens is 150 g/mol. The second kappa shape index (κ2) is 2.77. The van der Waals surface area contributed by atoms with Crippen molar-refractivity contribution in [3.63, 3.8) is 0 Å². The van der Waals surface area contributed by atoms with E-state index in [9.17, 15) is 0 Å². The van der Waals surface area contributed by atoms with Crippen molar-refractivity contribution in [2.45, 2.75) is 6.92 Å². The number of aromatic nitrogens is 3. The molecule has 12 heavy (non-hydrogen) atoms. The van der Waals surface area contributed by atoms with Crippen LogP contribution in [0.2, 0.25) is 0 Å². The molecule has 0 fully saturated rings. The molecule has 0 N–H and O–H groups in total. The Labute approximate surface area is 70.3 Å². The Morgan fingerprint density at radius 3 is 3.00 bits per heavy atom. The molecule has 0 aliphatic carbocycles. The van der Waals surface area contributed by atoms with E-state index < -0.39 is 0 Å². The van der Waals surface area contributed by atoms with Crippen LogP contribution < -0.4 is 0 Å². The van der Waals surface area contributed by atoms with E-state index in [1.165, 1.54) is 0 Å². The van der Waals surface area contributed by atoms with Crippen molar-refractivity contribution in [3.05, 3.63) is 30.3 Å². The van der Waals surface area contributed by atoms with Crippen molar-refractivity contribution in [1.29, 1.82) is 0 Å². The summed E-state index contributed by atoms with van der Waals surface area (Å²) in [6.45, 7) is 1.95. The molecule has 3 heteroatoms. The Balaban J connectivity index is 2.70. The van der Waals surface area contributed by atoms with Crippen LogP contribution in [0.1, 0.15) is 6.92 Å². The number of fused-ring (bicyclic) bond motifs is 1. The van der Waals surface area contributed by atoms with Crippen LogP contribution in [0.5, 0.6) is 0 Å². The number of hydrogen-bond acceptors (Lipinski definition) is 2. The largest absolute Gasteiger partial charge is 0.220 e. The van der Waals surface area contributed by atoms with Gasteiger partial charge < -0.3 is 0 Å². The Bertz CT molecular complexity index is 414. The van der Waals surface area contributed by atoms with E-state index in [0.717, 1.165) is 11.0 Å². The van der Waals surface area contributed by atoms with Crippen LogP contribution in [0.15, 0.2) is 30.3 Å². The van der Waals surface area contributed by atoms with Crippen LogP contribution in [-0.2, 0) is 0 Å². The van der Waals surface area contributed by atoms with Crippen molar-refractivity contribution in [2.24, 2.45) is 0 Å². The van der Waals surface area contributed by atoms with Crippen LogP contribution in [0, 0.1) is 0 Å². The molecule has 1 aromatic carbocycles. The first-order chi connectivity index (χ1) is 5.92. The normalized spacial score (nSPS) is 11.4. The van der Waals surface area contributed by atoms with Crippen LogP contribution in [0.4, 0.5) is 0 Å². The second-order valence-electron chi connectivity index (χ2n) is 2.51. The first-order valence-electron chi connectivity index (χ1n) is 3.84. The molecule has 2 rings (SSSR count). The van der Waals surface area contributed by atoms with Crippen LogP contribution >= 0.6 is 0 Å². The molecule has 0 amide bonds. The molecule has 0 atom stereocenters. The minimum absolute atomic E-state index is 0.926. The first-order valence-corrected chi connectivity index (χ1v) is 3.84. The summed E-state index contributed by atoms with van der Waals surface area (Å²) in [7, 11) is 0. The minimum Gasteiger partial charge on any atom is -0.220 e. The van der Waals surface area contributed by atoms with E-state index >= 15 is 0 Å². The maximum absolute atomic E-state index is 4.00. The molecule has 0 bridgehead atoms. The third-order valence-corrected chi connectivity index (χ3v) is 1.67. The number of hydrogen-bond donors (Lipinski definition) is 0. The van der Waals surface area contributed by atoms with E-state index in [0.29, 0.717) is 0 Å². The highest BCUT2D eigenvalue weighted by molar-refractivity contribution is 5.75. The summed E-state index contributed by atoms with van der Waals surface area (Å²) in [5.41, 5.74) is 1.96. The fourth-order valence-corrected chi connectivity index (χ4v) is 1.14. The van der Waals surface area contributed by atoms with Crippen LogP contribution in [0.3, 0.4) is 0 Å². The molecular formula is C9H9N3. The lowest BCUT2D eigenvalue weighted by Crippen LogP contribution is -1.87. The van der Waals surface area contributed by atoms with Crippen molar-refractivity contribution in [3.8, 4) is 0 Å². The van der Waals surface area contributed by atoms with E-state index in [2.05, 4.69) is 10.3 Å². The van der Waals surface area contributed by atoms with Gasteiger partial charge in [0.2, 0.25) is 0 Å². The quantitative estimate of drug-likeness (QED) is 0.636. The summed E-state index contributed by atoms with van der Waals surface area (Å²) < 4.78 is 1.76. The zero-order chi connectivity index (χ0) is 8.39. The molecule has 0 unspecified atom stereocenters. The van der Waals surface area contributed by atoms with Crippen molar-refractivity contribution >= 4 is 17.2 Å². The number of para-hydroxylation sites is 1. The van der Waals surface area contributed by atoms with E-state index in [1.54, 1.807) is 4.68 Å². The molecule has 1 heterocycles. The van der Waals surface area contributed by atoms with Crippen molar-refractivity contribution in [2.75, 3.05) is 0 Å². The fourth-order valence-electron chi connectivity index (χ4n) is 1.14. The van der Waals surface area contributed by atoms with Gasteiger partial charge in [-0.3, -0.25) is 0 Å². The monoisotopic (exact) mass is 159 g/mol. The average Bonchev–Trinajstić information content (AvgIpc) is 2.50. The lowest BCUT2D eigenvalue weighted by molar-refractivity contribution is 0.860. The topological polar surface area (TPSA) is 30.7 Å². The molecule has 0 aliphatic rings. The van der Waals surface area contributed by atoms with Gasteiger partial charge in [0, 0.05) is 6.20 Å². The van der Waals surface area contributed by atoms with Gasteiger partial charge in [-0.1, -0.05) is 23.4 Å². The third kappa shape index (κ3) is 0.993. The highest BCUT2D eigenvalue weighted by Gasteiger charge is 1.97. The summed E-state index contributed by atoms with van der Waals surface area (Å²) in [5, 5.41) is 7.96. The Morgan fingerprint density at radius 2 is 2.17 bits per heavy atom. The van der Waals surface area contributed by atoms with Gasteiger partial charge in [0.05, 0.1) is 5.52 Å². The molecule has 0 spiro atoms. The molecule has 0 radical (unpaired) electrons. The maximum Gasteiger partial charge on any atom is 0.113 e. The highest BCUT2D eigenvalue weighted by Crippen LogP contribution is 2.09. The summed E-state index contributed by atoms with van der Waals surface area (Å²) >= 11 is 0. The molecule has 2 aromatic rings. The van der Waals surface area contributed by atoms with Crippen LogP contribution in [-0.4, -0.2) is 15.0 Å². The van der Waals surface area contributed by atoms with Gasteiger partial charge in [-0.05, 0) is 19.1 Å². The highest BCUT2D eigenvalue weighted by atomic mass is 15.4. The van der Waals surface area contributed by atoms with E-state index in [-0.39, 0.29) is 0 Å². The lowest BCUT2D eigenvalue weighted by Gasteiger charge is -1.90. The lowest BCUT2D eigenvalue weighted by atomic mass is 10.3. The van der Waals surface area contributed by atoms with Gasteiger partial charge in [-0.25, -0.2) is 4.68 Å². The number of benzene rings is 1. The number of allylic oxidation sites excluding steroid dienone is 1. The SMILES string of the molecule is C/C=C/n1nnc2ccccc21. The van der Waals surface area contributed by atoms with E-state index in [1.807, 2.05) is 43.5 Å². The number of nitrogens with zero attached hydrogens (tertiary/aromatic N) is 3. The Kier molecular flexibility index (Phi) is 1.63. The summed E-state index contributed by atoms with van der Waals surface area (Å²) in [5.74, 6) is 0. The molecule has 0 aliphatic heterocycles. The van der Waals surface area contributed by atoms with Gasteiger partial charge in [-0.15, -0.1) is 5.10 Å². The summed E-state index contributed by atoms with van der Waals surface area (Å²) in [4.78, 5) is 0. The molecule has 3 nitrogen and oxygen atoms in total. The maximum atomic E-state index is 4.00. The average molecular weight is 159 g/mol. The first kappa shape index (κ1) is 7.03. The van der Waals surface area contributed by atoms with Crippen molar-refractivity contribution < 1.29 is 0 Å². The Morgan fingerprint density at radius 1 is 1.33 bits per heavy atom. The van der Waals surface area contributed by atoms with Crippen molar-refractivity contribution in [1.82, 2.24) is 15.0 Å². The Hall–Kier alpha value is -1.64. The minimum atomic E-state index is 0.926. The second-order valence-corrected chi connectivity index (χ2v) is 2.51. The third-order valence-electron chi connectivity index (χ3n) is 1.67. The van der Waals surface area contributed by atoms with Gasteiger partial charge in [0.1, 0.15) is 5.52 Å². The molecule has 0 saturated heterocycles. The predicted octanol–water partition coefficient (Wildman–Crippen LogP) is 1.92. The number of rotatable bonds is 1. The van der Waals surface area contributed by atoms with Gasteiger partial charge in [0.15, 0.2) is 0 Å². The molecule has 60 valence electrons. The van der Waals surface area contributed by atoms with Gasteiger partial charge in [0.25, 0.3) is 0 Å². The fraction of sp³-hybridized carbons (Fsp3) is 0.111. The summed E-state index contributed by atoms with van der Waals surface area (Å²) in [6, 6.07) is 7.88. The zero-order valence-corrected chi connectivity index (χ0v) is 6.81. The van der Waals surface area contributed by atoms with Gasteiger partial charge in [-0.2, -0.15) is 0 Å². The van der Waals surface area contributed by atoms with E-state index in [4.69, 9.17) is 0 Å². The molecule has 1 aromatic heterocycles. The smallest absolute Gasteiger partial charge is 0.113 e. The van der Waals surface area contributed by atoms with Gasteiger partial charge >= 0.3 is 0 Å². The standard InChI is InChI=1S/C9H9N3/c1-2-7-12-9-6-4-3-5-8(9)10-11-12/h2-7H,1H3/b7-2+. The molecule has 0 saturated carbocycles. The zero-order valence-electron chi connectivity index (χ0n) is 6.81.